The Balaban J connectivity index is -0.000000466. The first-order valence-corrected chi connectivity index (χ1v) is 24.7. The molecule has 8 rings (SSSR count). The summed E-state index contributed by atoms with van der Waals surface area (Å²) in [7, 11) is 0. The topological polar surface area (TPSA) is 184 Å². The lowest BCUT2D eigenvalue weighted by molar-refractivity contribution is -0.167. The highest BCUT2D eigenvalue weighted by Crippen LogP contribution is 2.40. The summed E-state index contributed by atoms with van der Waals surface area (Å²) in [5.74, 6) is -0.155. The van der Waals surface area contributed by atoms with Gasteiger partial charge in [0.15, 0.2) is 11.9 Å². The smallest absolute Gasteiger partial charge is 0.357 e. The Bertz CT molecular complexity index is 2620. The fraction of sp³-hybridized carbons (Fsp3) is 0.530. The molecule has 4 aromatic rings. The zero-order valence-electron chi connectivity index (χ0n) is 43.7. The molecule has 0 saturated heterocycles. The van der Waals surface area contributed by atoms with E-state index < -0.39 is 45.9 Å². The Labute approximate surface area is 482 Å². The number of Topliss-reactive ketones (excluding diaryl/α,β-unsaturated/α-hetero) is 1. The third-order valence-electron chi connectivity index (χ3n) is 13.8. The summed E-state index contributed by atoms with van der Waals surface area (Å²) >= 11 is 0. The van der Waals surface area contributed by atoms with Gasteiger partial charge >= 0.3 is 35.8 Å². The summed E-state index contributed by atoms with van der Waals surface area (Å²) in [6.45, 7) is 23.0. The van der Waals surface area contributed by atoms with E-state index in [1.54, 1.807) is 56.3 Å². The number of para-hydroxylation sites is 3. The normalized spacial score (nSPS) is 16.6. The van der Waals surface area contributed by atoms with E-state index in [4.69, 9.17) is 33.2 Å². The quantitative estimate of drug-likeness (QED) is 0.0741. The van der Waals surface area contributed by atoms with Crippen molar-refractivity contribution < 1.29 is 66.7 Å². The van der Waals surface area contributed by atoms with Gasteiger partial charge in [0, 0.05) is 27.8 Å². The molecule has 450 valence electrons. The van der Waals surface area contributed by atoms with E-state index in [1.165, 1.54) is 0 Å². The molecule has 0 aromatic heterocycles. The van der Waals surface area contributed by atoms with Crippen molar-refractivity contribution in [1.29, 1.82) is 0 Å². The maximum atomic E-state index is 12.1. The van der Waals surface area contributed by atoms with Crippen LogP contribution in [0.25, 0.3) is 0 Å². The predicted octanol–water partition coefficient (Wildman–Crippen LogP) is 17.1. The van der Waals surface area contributed by atoms with E-state index >= 15 is 0 Å². The molecule has 0 bridgehead atoms. The van der Waals surface area contributed by atoms with Crippen molar-refractivity contribution in [3.63, 3.8) is 0 Å². The number of benzene rings is 4. The molecule has 0 saturated carbocycles. The lowest BCUT2D eigenvalue weighted by Gasteiger charge is -2.28. The van der Waals surface area contributed by atoms with Crippen LogP contribution in [0.1, 0.15) is 238 Å². The number of hydrogen-bond acceptors (Lipinski definition) is 14. The van der Waals surface area contributed by atoms with Gasteiger partial charge in [0.05, 0.1) is 34.5 Å². The summed E-state index contributed by atoms with van der Waals surface area (Å²) in [5, 5.41) is 0. The summed E-state index contributed by atoms with van der Waals surface area (Å²) in [5.41, 5.74) is 1.77. The van der Waals surface area contributed by atoms with Gasteiger partial charge in [-0.05, 0) is 99.3 Å². The molecule has 14 nitrogen and oxygen atoms in total. The fourth-order valence-electron chi connectivity index (χ4n) is 7.03. The molecule has 0 radical (unpaired) electrons. The van der Waals surface area contributed by atoms with Crippen molar-refractivity contribution in [3.05, 3.63) is 125 Å². The van der Waals surface area contributed by atoms with E-state index in [-0.39, 0.29) is 114 Å². The Morgan fingerprint density at radius 2 is 0.762 bits per heavy atom. The highest BCUT2D eigenvalue weighted by Gasteiger charge is 2.40. The summed E-state index contributed by atoms with van der Waals surface area (Å²) < 4.78 is 37.5. The van der Waals surface area contributed by atoms with Gasteiger partial charge in [-0.15, -0.1) is 0 Å². The minimum atomic E-state index is -0.931. The standard InChI is InChI=1S/C15H18O4.C15H18O3.C14H16O4.C14H18O3.8CH4/c1-4-15(2,3)14(17)19-12-9-13(16)18-11-8-6-5-7-10(11)12;1-4-15(2,3)14(17)18-13-9-12(16)10-7-5-6-8-11(10)13;1-4-14(2,3)13(16)18-11-9-7-5-6-8-10(9)17-12(11)15;1-4-14(2,3)13(15)17-12-9-16-11-8-6-5-7-10(11)12;;;;;;;;/h5-8,12H,4,9H2,1-3H3;5-8,13H,4,9H2,1-3H3;5-8,11H,4H2,1-3H3;5-8,12H,4,9H2,1-3H3;8*1H4. The fourth-order valence-corrected chi connectivity index (χ4v) is 7.03. The number of hydrogen-bond donors (Lipinski definition) is 0. The molecule has 0 spiro atoms. The average molecular weight is 1120 g/mol. The number of carbonyl (C=O) groups excluding carboxylic acids is 7. The van der Waals surface area contributed by atoms with Gasteiger partial charge in [0.1, 0.15) is 36.1 Å². The number of fused-ring (bicyclic) bond motifs is 4. The largest absolute Gasteiger partial charge is 0.489 e. The second-order valence-corrected chi connectivity index (χ2v) is 20.7. The van der Waals surface area contributed by atoms with Crippen molar-refractivity contribution in [2.45, 2.75) is 205 Å². The highest BCUT2D eigenvalue weighted by atomic mass is 16.6. The van der Waals surface area contributed by atoms with E-state index in [9.17, 15) is 33.6 Å². The van der Waals surface area contributed by atoms with Gasteiger partial charge in [0.2, 0.25) is 6.10 Å². The van der Waals surface area contributed by atoms with E-state index in [2.05, 4.69) is 0 Å². The molecule has 80 heavy (non-hydrogen) atoms. The van der Waals surface area contributed by atoms with Crippen molar-refractivity contribution in [1.82, 2.24) is 0 Å². The van der Waals surface area contributed by atoms with Crippen molar-refractivity contribution in [2.24, 2.45) is 21.7 Å². The maximum Gasteiger partial charge on any atom is 0.357 e. The lowest BCUT2D eigenvalue weighted by atomic mass is 9.90. The zero-order chi connectivity index (χ0) is 53.2. The van der Waals surface area contributed by atoms with Gasteiger partial charge in [0.25, 0.3) is 0 Å². The summed E-state index contributed by atoms with van der Waals surface area (Å²) in [6.07, 6.45) is 1.01. The van der Waals surface area contributed by atoms with Gasteiger partial charge in [-0.2, -0.15) is 0 Å². The van der Waals surface area contributed by atoms with Crippen LogP contribution in [-0.4, -0.2) is 48.2 Å². The minimum Gasteiger partial charge on any atom is -0.489 e. The molecule has 14 heteroatoms. The van der Waals surface area contributed by atoms with Crippen LogP contribution in [0, 0.1) is 21.7 Å². The van der Waals surface area contributed by atoms with Gasteiger partial charge in [-0.25, -0.2) is 4.79 Å². The molecular formula is C66H102O14. The predicted molar refractivity (Wildman–Crippen MR) is 322 cm³/mol. The molecule has 4 aliphatic rings. The van der Waals surface area contributed by atoms with Crippen LogP contribution in [0.4, 0.5) is 0 Å². The first-order chi connectivity index (χ1) is 33.9. The molecule has 0 amide bonds. The SMILES string of the molecule is C.C.C.C.C.C.C.C.CCC(C)(C)C(=O)OC1C(=O)Oc2ccccc21.CCC(C)(C)C(=O)OC1CC(=O)Oc2ccccc21.CCC(C)(C)C(=O)OC1CC(=O)c2ccccc21.CCC(C)(C)C(=O)OC1COc2ccccc21. The van der Waals surface area contributed by atoms with Crippen molar-refractivity contribution in [3.8, 4) is 17.2 Å². The Morgan fingerprint density at radius 1 is 0.425 bits per heavy atom. The second kappa shape index (κ2) is 33.7. The summed E-state index contributed by atoms with van der Waals surface area (Å²) in [6, 6.07) is 29.1. The molecule has 1 aliphatic carbocycles. The van der Waals surface area contributed by atoms with E-state index in [0.29, 0.717) is 48.5 Å². The molecular weight excluding hydrogens is 1020 g/mol. The third-order valence-corrected chi connectivity index (χ3v) is 13.8. The first kappa shape index (κ1) is 79.7. The zero-order valence-corrected chi connectivity index (χ0v) is 43.7. The number of esters is 6. The van der Waals surface area contributed by atoms with Crippen LogP contribution in [0.5, 0.6) is 17.2 Å². The lowest BCUT2D eigenvalue weighted by Crippen LogP contribution is -2.30. The Hall–Kier alpha value is -6.83. The van der Waals surface area contributed by atoms with Crippen LogP contribution < -0.4 is 14.2 Å². The van der Waals surface area contributed by atoms with Crippen molar-refractivity contribution in [2.75, 3.05) is 6.61 Å². The van der Waals surface area contributed by atoms with Crippen LogP contribution in [0.15, 0.2) is 97.1 Å². The Morgan fingerprint density at radius 3 is 1.21 bits per heavy atom. The number of ketones is 1. The van der Waals surface area contributed by atoms with Crippen LogP contribution in [0.3, 0.4) is 0 Å². The van der Waals surface area contributed by atoms with Gasteiger partial charge < -0.3 is 33.2 Å². The molecule has 4 atom stereocenters. The number of rotatable bonds is 12. The maximum absolute atomic E-state index is 12.1. The monoisotopic (exact) mass is 1120 g/mol. The molecule has 3 heterocycles. The molecule has 4 aromatic carbocycles. The molecule has 3 aliphatic heterocycles. The Kier molecular flexibility index (Phi) is 33.5. The number of carbonyl (C=O) groups is 7. The van der Waals surface area contributed by atoms with E-state index in [1.807, 2.05) is 124 Å². The first-order valence-electron chi connectivity index (χ1n) is 24.7. The second-order valence-electron chi connectivity index (χ2n) is 20.7. The van der Waals surface area contributed by atoms with Crippen LogP contribution >= 0.6 is 0 Å². The molecule has 4 unspecified atom stereocenters. The number of ether oxygens (including phenoxy) is 7. The highest BCUT2D eigenvalue weighted by molar-refractivity contribution is 6.01. The third kappa shape index (κ3) is 19.5. The van der Waals surface area contributed by atoms with E-state index in [0.717, 1.165) is 28.9 Å². The summed E-state index contributed by atoms with van der Waals surface area (Å²) in [4.78, 5) is 83.1. The van der Waals surface area contributed by atoms with Gasteiger partial charge in [-0.1, -0.05) is 166 Å². The van der Waals surface area contributed by atoms with Crippen LogP contribution in [0.2, 0.25) is 0 Å². The minimum absolute atomic E-state index is 0. The van der Waals surface area contributed by atoms with Crippen LogP contribution in [-0.2, 0) is 47.7 Å². The average Bonchev–Trinajstić information content (AvgIpc) is 4.03. The van der Waals surface area contributed by atoms with Crippen molar-refractivity contribution >= 4 is 41.6 Å². The van der Waals surface area contributed by atoms with Gasteiger partial charge in [-0.3, -0.25) is 28.8 Å². The molecule has 0 N–H and O–H groups in total. The molecule has 0 fully saturated rings.